The van der Waals surface area contributed by atoms with Crippen molar-refractivity contribution in [1.29, 1.82) is 0 Å². The van der Waals surface area contributed by atoms with Gasteiger partial charge in [-0.05, 0) is 85.3 Å². The summed E-state index contributed by atoms with van der Waals surface area (Å²) < 4.78 is 15.5. The average Bonchev–Trinajstić information content (AvgIpc) is 3.31. The first-order valence-electron chi connectivity index (χ1n) is 11.3. The SMILES string of the molecule is Cc1cc(/C=C2\SC(=Nc3ccccc3)N(Cc3ccccc3)C2=O)c(C)n1-c1ccc(F)cc1. The van der Waals surface area contributed by atoms with Crippen LogP contribution in [0.15, 0.2) is 101 Å². The number of amidine groups is 1. The number of nitrogens with zero attached hydrogens (tertiary/aromatic N) is 3. The predicted molar refractivity (Wildman–Crippen MR) is 141 cm³/mol. The lowest BCUT2D eigenvalue weighted by Gasteiger charge is -2.15. The normalized spacial score (nSPS) is 16.0. The molecule has 0 N–H and O–H groups in total. The summed E-state index contributed by atoms with van der Waals surface area (Å²) >= 11 is 1.39. The molecule has 4 nitrogen and oxygen atoms in total. The summed E-state index contributed by atoms with van der Waals surface area (Å²) in [6.45, 7) is 4.46. The van der Waals surface area contributed by atoms with Crippen LogP contribution in [0.5, 0.6) is 0 Å². The molecule has 0 atom stereocenters. The number of para-hydroxylation sites is 1. The van der Waals surface area contributed by atoms with Crippen molar-refractivity contribution in [2.24, 2.45) is 4.99 Å². The maximum Gasteiger partial charge on any atom is 0.267 e. The maximum atomic E-state index is 13.5. The quantitative estimate of drug-likeness (QED) is 0.287. The molecule has 5 rings (SSSR count). The summed E-state index contributed by atoms with van der Waals surface area (Å²) in [6, 6.07) is 28.1. The van der Waals surface area contributed by atoms with Gasteiger partial charge in [0.05, 0.1) is 17.1 Å². The van der Waals surface area contributed by atoms with Gasteiger partial charge in [-0.15, -0.1) is 0 Å². The molecule has 0 unspecified atom stereocenters. The van der Waals surface area contributed by atoms with E-state index >= 15 is 0 Å². The molecule has 3 aromatic carbocycles. The molecule has 35 heavy (non-hydrogen) atoms. The number of rotatable bonds is 5. The van der Waals surface area contributed by atoms with Gasteiger partial charge in [0.1, 0.15) is 5.82 Å². The van der Waals surface area contributed by atoms with Crippen molar-refractivity contribution in [3.05, 3.63) is 124 Å². The minimum atomic E-state index is -0.268. The van der Waals surface area contributed by atoms with Crippen LogP contribution in [0.2, 0.25) is 0 Å². The number of aryl methyl sites for hydroxylation is 1. The van der Waals surface area contributed by atoms with E-state index in [0.29, 0.717) is 16.6 Å². The molecule has 0 spiro atoms. The second-order valence-electron chi connectivity index (χ2n) is 8.36. The molecule has 1 aromatic heterocycles. The molecule has 1 saturated heterocycles. The smallest absolute Gasteiger partial charge is 0.267 e. The van der Waals surface area contributed by atoms with Crippen LogP contribution in [0.4, 0.5) is 10.1 Å². The Morgan fingerprint density at radius 3 is 2.26 bits per heavy atom. The molecule has 1 aliphatic rings. The van der Waals surface area contributed by atoms with E-state index in [-0.39, 0.29) is 11.7 Å². The van der Waals surface area contributed by atoms with Crippen molar-refractivity contribution < 1.29 is 9.18 Å². The Kier molecular flexibility index (Phi) is 6.38. The van der Waals surface area contributed by atoms with Crippen molar-refractivity contribution in [1.82, 2.24) is 9.47 Å². The van der Waals surface area contributed by atoms with Gasteiger partial charge in [-0.3, -0.25) is 9.69 Å². The molecule has 0 aliphatic carbocycles. The fourth-order valence-corrected chi connectivity index (χ4v) is 5.16. The highest BCUT2D eigenvalue weighted by Crippen LogP contribution is 2.36. The summed E-state index contributed by atoms with van der Waals surface area (Å²) in [5, 5.41) is 0.656. The van der Waals surface area contributed by atoms with E-state index in [1.54, 1.807) is 17.0 Å². The minimum absolute atomic E-state index is 0.0693. The number of aromatic nitrogens is 1. The van der Waals surface area contributed by atoms with Gasteiger partial charge in [0.2, 0.25) is 0 Å². The summed E-state index contributed by atoms with van der Waals surface area (Å²) in [5.74, 6) is -0.338. The Labute approximate surface area is 208 Å². The predicted octanol–water partition coefficient (Wildman–Crippen LogP) is 7.04. The highest BCUT2D eigenvalue weighted by atomic mass is 32.2. The van der Waals surface area contributed by atoms with Crippen LogP contribution in [-0.2, 0) is 11.3 Å². The highest BCUT2D eigenvalue weighted by Gasteiger charge is 2.33. The molecule has 4 aromatic rings. The van der Waals surface area contributed by atoms with Crippen LogP contribution in [0.25, 0.3) is 11.8 Å². The summed E-state index contributed by atoms with van der Waals surface area (Å²) in [4.78, 5) is 20.7. The lowest BCUT2D eigenvalue weighted by Crippen LogP contribution is -2.28. The van der Waals surface area contributed by atoms with Gasteiger partial charge in [0, 0.05) is 17.1 Å². The number of carbonyl (C=O) groups excluding carboxylic acids is 1. The van der Waals surface area contributed by atoms with Gasteiger partial charge in [0.15, 0.2) is 5.17 Å². The second kappa shape index (κ2) is 9.76. The fraction of sp³-hybridized carbons (Fsp3) is 0.103. The largest absolute Gasteiger partial charge is 0.318 e. The van der Waals surface area contributed by atoms with Crippen LogP contribution in [0.3, 0.4) is 0 Å². The van der Waals surface area contributed by atoms with E-state index in [1.165, 1.54) is 23.9 Å². The van der Waals surface area contributed by atoms with Gasteiger partial charge in [-0.1, -0.05) is 48.5 Å². The van der Waals surface area contributed by atoms with Crippen LogP contribution >= 0.6 is 11.8 Å². The standard InChI is InChI=1S/C29H24FN3OS/c1-20-17-23(21(2)33(20)26-15-13-24(30)14-16-26)18-27-28(34)32(19-22-9-5-3-6-10-22)29(35-27)31-25-11-7-4-8-12-25/h3-18H,19H2,1-2H3/b27-18-,31-29?. The lowest BCUT2D eigenvalue weighted by atomic mass is 10.2. The third-order valence-electron chi connectivity index (χ3n) is 5.89. The van der Waals surface area contributed by atoms with Crippen LogP contribution < -0.4 is 0 Å². The number of carbonyl (C=O) groups is 1. The van der Waals surface area contributed by atoms with E-state index in [1.807, 2.05) is 86.7 Å². The van der Waals surface area contributed by atoms with E-state index in [4.69, 9.17) is 4.99 Å². The molecule has 0 radical (unpaired) electrons. The molecule has 2 heterocycles. The lowest BCUT2D eigenvalue weighted by molar-refractivity contribution is -0.122. The topological polar surface area (TPSA) is 37.6 Å². The van der Waals surface area contributed by atoms with Crippen molar-refractivity contribution in [2.45, 2.75) is 20.4 Å². The first kappa shape index (κ1) is 22.9. The summed E-state index contributed by atoms with van der Waals surface area (Å²) in [5.41, 5.74) is 5.67. The van der Waals surface area contributed by atoms with Crippen LogP contribution in [-0.4, -0.2) is 20.5 Å². The first-order valence-corrected chi connectivity index (χ1v) is 12.2. The number of halogens is 1. The number of aliphatic imine (C=N–C) groups is 1. The van der Waals surface area contributed by atoms with E-state index < -0.39 is 0 Å². The molecule has 6 heteroatoms. The van der Waals surface area contributed by atoms with Crippen molar-refractivity contribution in [2.75, 3.05) is 0 Å². The molecular formula is C29H24FN3OS. The number of benzene rings is 3. The zero-order valence-electron chi connectivity index (χ0n) is 19.5. The zero-order valence-corrected chi connectivity index (χ0v) is 20.3. The molecule has 1 fully saturated rings. The molecular weight excluding hydrogens is 457 g/mol. The zero-order chi connectivity index (χ0) is 24.4. The molecule has 174 valence electrons. The number of amides is 1. The summed E-state index contributed by atoms with van der Waals surface area (Å²) in [7, 11) is 0. The first-order chi connectivity index (χ1) is 17.0. The minimum Gasteiger partial charge on any atom is -0.318 e. The van der Waals surface area contributed by atoms with Crippen molar-refractivity contribution >= 4 is 34.6 Å². The van der Waals surface area contributed by atoms with Crippen molar-refractivity contribution in [3.8, 4) is 5.69 Å². The second-order valence-corrected chi connectivity index (χ2v) is 9.36. The third-order valence-corrected chi connectivity index (χ3v) is 6.90. The summed E-state index contributed by atoms with van der Waals surface area (Å²) in [6.07, 6.45) is 1.93. The van der Waals surface area contributed by atoms with Crippen LogP contribution in [0.1, 0.15) is 22.5 Å². The van der Waals surface area contributed by atoms with Crippen LogP contribution in [0, 0.1) is 19.7 Å². The van der Waals surface area contributed by atoms with Gasteiger partial charge in [-0.25, -0.2) is 9.38 Å². The molecule has 0 bridgehead atoms. The van der Waals surface area contributed by atoms with Crippen molar-refractivity contribution in [3.63, 3.8) is 0 Å². The van der Waals surface area contributed by atoms with E-state index in [2.05, 4.69) is 4.57 Å². The van der Waals surface area contributed by atoms with E-state index in [9.17, 15) is 9.18 Å². The molecule has 1 aliphatic heterocycles. The Morgan fingerprint density at radius 1 is 0.914 bits per heavy atom. The van der Waals surface area contributed by atoms with Gasteiger partial charge in [0.25, 0.3) is 5.91 Å². The van der Waals surface area contributed by atoms with Gasteiger partial charge >= 0.3 is 0 Å². The third kappa shape index (κ3) is 4.84. The number of hydrogen-bond donors (Lipinski definition) is 0. The monoisotopic (exact) mass is 481 g/mol. The molecule has 0 saturated carbocycles. The molecule has 1 amide bonds. The fourth-order valence-electron chi connectivity index (χ4n) is 4.17. The van der Waals surface area contributed by atoms with Gasteiger partial charge < -0.3 is 4.57 Å². The number of hydrogen-bond acceptors (Lipinski definition) is 3. The number of thioether (sulfide) groups is 1. The maximum absolute atomic E-state index is 13.5. The van der Waals surface area contributed by atoms with Gasteiger partial charge in [-0.2, -0.15) is 0 Å². The Morgan fingerprint density at radius 2 is 1.57 bits per heavy atom. The van der Waals surface area contributed by atoms with E-state index in [0.717, 1.165) is 33.9 Å². The Bertz CT molecular complexity index is 1420. The average molecular weight is 482 g/mol. The highest BCUT2D eigenvalue weighted by molar-refractivity contribution is 8.18. The Hall–Kier alpha value is -3.90. The Balaban J connectivity index is 1.52.